The van der Waals surface area contributed by atoms with Gasteiger partial charge in [-0.3, -0.25) is 0 Å². The molecule has 0 N–H and O–H groups in total. The summed E-state index contributed by atoms with van der Waals surface area (Å²) in [6.45, 7) is 7.40. The van der Waals surface area contributed by atoms with Gasteiger partial charge < -0.3 is 4.48 Å². The first kappa shape index (κ1) is 55.0. The molecule has 0 aromatic heterocycles. The molecule has 0 rings (SSSR count). The van der Waals surface area contributed by atoms with Crippen LogP contribution in [0.3, 0.4) is 0 Å². The topological polar surface area (TPSA) is 0 Å². The second-order valence-corrected chi connectivity index (χ2v) is 19.6. The van der Waals surface area contributed by atoms with Crippen LogP contribution in [0.1, 0.15) is 322 Å². The van der Waals surface area contributed by atoms with Gasteiger partial charge in [-0.25, -0.2) is 0 Å². The first-order chi connectivity index (χ1) is 27.1. The number of unbranched alkanes of at least 4 members (excludes halogenated alkanes) is 46. The van der Waals surface area contributed by atoms with Crippen LogP contribution in [-0.2, 0) is 0 Å². The SMILES string of the molecule is CCCCCCCCCCCCCCCCCCCCCCCCCC[N+](C)(C)CCCCCCCCCCCCCCCCCCCCCCCCCC. The van der Waals surface area contributed by atoms with Crippen molar-refractivity contribution in [2.24, 2.45) is 0 Å². The van der Waals surface area contributed by atoms with Crippen LogP contribution in [-0.4, -0.2) is 31.7 Å². The second-order valence-electron chi connectivity index (χ2n) is 19.6. The van der Waals surface area contributed by atoms with E-state index in [-0.39, 0.29) is 0 Å². The zero-order valence-corrected chi connectivity index (χ0v) is 39.8. The normalized spacial score (nSPS) is 12.0. The highest BCUT2D eigenvalue weighted by atomic mass is 15.3. The highest BCUT2D eigenvalue weighted by molar-refractivity contribution is 4.54. The summed E-state index contributed by atoms with van der Waals surface area (Å²) in [6.07, 6.45) is 70.9. The first-order valence-electron chi connectivity index (χ1n) is 26.9. The molecule has 0 amide bonds. The minimum Gasteiger partial charge on any atom is -0.328 e. The van der Waals surface area contributed by atoms with Gasteiger partial charge in [-0.2, -0.15) is 0 Å². The Balaban J connectivity index is 3.23. The van der Waals surface area contributed by atoms with Crippen molar-refractivity contribution in [2.45, 2.75) is 322 Å². The van der Waals surface area contributed by atoms with E-state index in [9.17, 15) is 0 Å². The van der Waals surface area contributed by atoms with Crippen molar-refractivity contribution in [1.82, 2.24) is 0 Å². The Kier molecular flexibility index (Phi) is 48.3. The number of nitrogens with zero attached hydrogens (tertiary/aromatic N) is 1. The molecule has 0 saturated heterocycles. The largest absolute Gasteiger partial charge is 0.328 e. The van der Waals surface area contributed by atoms with E-state index in [0.717, 1.165) is 0 Å². The third-order valence-corrected chi connectivity index (χ3v) is 13.2. The summed E-state index contributed by atoms with van der Waals surface area (Å²) < 4.78 is 1.25. The molecule has 0 aromatic rings. The molecule has 0 bridgehead atoms. The molecule has 332 valence electrons. The van der Waals surface area contributed by atoms with Crippen LogP contribution >= 0.6 is 0 Å². The van der Waals surface area contributed by atoms with Crippen molar-refractivity contribution in [3.05, 3.63) is 0 Å². The lowest BCUT2D eigenvalue weighted by molar-refractivity contribution is -0.890. The van der Waals surface area contributed by atoms with E-state index in [1.54, 1.807) is 0 Å². The Hall–Kier alpha value is -0.0400. The first-order valence-corrected chi connectivity index (χ1v) is 26.9. The number of rotatable bonds is 50. The molecule has 0 unspecified atom stereocenters. The van der Waals surface area contributed by atoms with Gasteiger partial charge in [0, 0.05) is 0 Å². The van der Waals surface area contributed by atoms with Gasteiger partial charge in [-0.1, -0.05) is 296 Å². The average molecular weight is 775 g/mol. The summed E-state index contributed by atoms with van der Waals surface area (Å²) >= 11 is 0. The van der Waals surface area contributed by atoms with E-state index in [1.807, 2.05) is 0 Å². The lowest BCUT2D eigenvalue weighted by atomic mass is 10.0. The Morgan fingerprint density at radius 2 is 0.273 bits per heavy atom. The summed E-state index contributed by atoms with van der Waals surface area (Å²) in [7, 11) is 4.97. The molecule has 0 atom stereocenters. The summed E-state index contributed by atoms with van der Waals surface area (Å²) in [5, 5.41) is 0. The van der Waals surface area contributed by atoms with Crippen molar-refractivity contribution >= 4 is 0 Å². The monoisotopic (exact) mass is 775 g/mol. The quantitative estimate of drug-likeness (QED) is 0.0426. The van der Waals surface area contributed by atoms with Gasteiger partial charge in [0.1, 0.15) is 0 Å². The van der Waals surface area contributed by atoms with Crippen LogP contribution in [0.4, 0.5) is 0 Å². The third-order valence-electron chi connectivity index (χ3n) is 13.2. The van der Waals surface area contributed by atoms with Crippen LogP contribution in [0.5, 0.6) is 0 Å². The Morgan fingerprint density at radius 3 is 0.400 bits per heavy atom. The maximum Gasteiger partial charge on any atom is 0.0782 e. The molecular weight excluding hydrogens is 663 g/mol. The van der Waals surface area contributed by atoms with Crippen molar-refractivity contribution in [3.63, 3.8) is 0 Å². The molecule has 55 heavy (non-hydrogen) atoms. The predicted molar refractivity (Wildman–Crippen MR) is 255 cm³/mol. The van der Waals surface area contributed by atoms with E-state index < -0.39 is 0 Å². The van der Waals surface area contributed by atoms with Gasteiger partial charge in [0.15, 0.2) is 0 Å². The fraction of sp³-hybridized carbons (Fsp3) is 1.00. The summed E-state index contributed by atoms with van der Waals surface area (Å²) in [4.78, 5) is 0. The molecule has 0 spiro atoms. The second kappa shape index (κ2) is 48.3. The van der Waals surface area contributed by atoms with Crippen LogP contribution < -0.4 is 0 Å². The predicted octanol–water partition coefficient (Wildman–Crippen LogP) is 19.8. The van der Waals surface area contributed by atoms with E-state index in [0.29, 0.717) is 0 Å². The Bertz CT molecular complexity index is 600. The van der Waals surface area contributed by atoms with Gasteiger partial charge in [0.05, 0.1) is 27.2 Å². The molecule has 1 nitrogen and oxygen atoms in total. The summed E-state index contributed by atoms with van der Waals surface area (Å²) in [5.41, 5.74) is 0. The van der Waals surface area contributed by atoms with E-state index in [4.69, 9.17) is 0 Å². The van der Waals surface area contributed by atoms with Gasteiger partial charge in [-0.05, 0) is 25.7 Å². The molecule has 0 radical (unpaired) electrons. The summed E-state index contributed by atoms with van der Waals surface area (Å²) in [6, 6.07) is 0. The molecule has 0 fully saturated rings. The van der Waals surface area contributed by atoms with Crippen molar-refractivity contribution in [2.75, 3.05) is 27.2 Å². The number of hydrogen-bond donors (Lipinski definition) is 0. The minimum absolute atomic E-state index is 1.25. The van der Waals surface area contributed by atoms with Crippen LogP contribution in [0.25, 0.3) is 0 Å². The van der Waals surface area contributed by atoms with Crippen LogP contribution in [0.15, 0.2) is 0 Å². The van der Waals surface area contributed by atoms with Crippen molar-refractivity contribution < 1.29 is 4.48 Å². The zero-order valence-electron chi connectivity index (χ0n) is 39.8. The molecule has 0 aromatic carbocycles. The fourth-order valence-corrected chi connectivity index (χ4v) is 9.12. The smallest absolute Gasteiger partial charge is 0.0782 e. The lowest BCUT2D eigenvalue weighted by Crippen LogP contribution is -2.41. The molecule has 0 saturated carbocycles. The molecule has 0 aliphatic heterocycles. The minimum atomic E-state index is 1.25. The van der Waals surface area contributed by atoms with Gasteiger partial charge >= 0.3 is 0 Å². The van der Waals surface area contributed by atoms with Crippen LogP contribution in [0.2, 0.25) is 0 Å². The average Bonchev–Trinajstić information content (AvgIpc) is 3.18. The van der Waals surface area contributed by atoms with Gasteiger partial charge in [0.25, 0.3) is 0 Å². The molecule has 0 aliphatic carbocycles. The highest BCUT2D eigenvalue weighted by Gasteiger charge is 2.13. The van der Waals surface area contributed by atoms with Crippen molar-refractivity contribution in [3.8, 4) is 0 Å². The Labute approximate surface area is 352 Å². The van der Waals surface area contributed by atoms with Gasteiger partial charge in [0.2, 0.25) is 0 Å². The fourth-order valence-electron chi connectivity index (χ4n) is 9.12. The molecule has 1 heteroatoms. The zero-order chi connectivity index (χ0) is 39.9. The lowest BCUT2D eigenvalue weighted by Gasteiger charge is -2.30. The van der Waals surface area contributed by atoms with E-state index >= 15 is 0 Å². The molecule has 0 heterocycles. The number of hydrogen-bond acceptors (Lipinski definition) is 0. The molecule has 0 aliphatic rings. The standard InChI is InChI=1S/C54H112N/c1-5-7-9-11-13-15-17-19-21-23-25-27-29-31-33-35-37-39-41-43-45-47-49-51-53-55(3,4)54-52-50-48-46-44-42-40-38-36-34-32-30-28-26-24-22-20-18-16-14-12-10-8-6-2/h5-54H2,1-4H3/q+1. The van der Waals surface area contributed by atoms with Crippen molar-refractivity contribution in [1.29, 1.82) is 0 Å². The highest BCUT2D eigenvalue weighted by Crippen LogP contribution is 2.18. The van der Waals surface area contributed by atoms with E-state index in [2.05, 4.69) is 27.9 Å². The number of quaternary nitrogens is 1. The van der Waals surface area contributed by atoms with Gasteiger partial charge in [-0.15, -0.1) is 0 Å². The van der Waals surface area contributed by atoms with Crippen LogP contribution in [0, 0.1) is 0 Å². The Morgan fingerprint density at radius 1 is 0.164 bits per heavy atom. The third kappa shape index (κ3) is 50.0. The summed E-state index contributed by atoms with van der Waals surface area (Å²) in [5.74, 6) is 0. The maximum absolute atomic E-state index is 2.48. The molecular formula is C54H112N+. The van der Waals surface area contributed by atoms with E-state index in [1.165, 1.54) is 326 Å². The maximum atomic E-state index is 2.48.